The number of aliphatic hydroxyl groups excluding tert-OH is 1. The van der Waals surface area contributed by atoms with Crippen molar-refractivity contribution in [3.63, 3.8) is 0 Å². The zero-order valence-corrected chi connectivity index (χ0v) is 12.4. The first-order chi connectivity index (χ1) is 11.2. The number of nitrogens with one attached hydrogen (secondary N) is 1. The van der Waals surface area contributed by atoms with Crippen LogP contribution in [0.15, 0.2) is 35.3 Å². The molecule has 2 aromatic heterocycles. The van der Waals surface area contributed by atoms with E-state index in [4.69, 9.17) is 0 Å². The van der Waals surface area contributed by atoms with Crippen molar-refractivity contribution >= 4 is 5.65 Å². The number of nitrogens with zero attached hydrogens (tertiary/aromatic N) is 2. The molecule has 1 aromatic carbocycles. The number of fused-ring (bicyclic) bond motifs is 3. The fraction of sp³-hybridized carbons (Fsp3) is 0.294. The minimum absolute atomic E-state index is 0.117. The second kappa shape index (κ2) is 5.31. The molecule has 1 aliphatic carbocycles. The smallest absolute Gasteiger partial charge is 0.331 e. The molecule has 4 rings (SSSR count). The second-order valence-corrected chi connectivity index (χ2v) is 5.98. The van der Waals surface area contributed by atoms with Crippen LogP contribution in [0.25, 0.3) is 16.9 Å². The summed E-state index contributed by atoms with van der Waals surface area (Å²) in [5.41, 5.74) is 2.92. The van der Waals surface area contributed by atoms with Crippen LogP contribution in [0.2, 0.25) is 0 Å². The average Bonchev–Trinajstić information content (AvgIpc) is 3.01. The van der Waals surface area contributed by atoms with Gasteiger partial charge in [0.25, 0.3) is 0 Å². The number of benzene rings is 1. The maximum absolute atomic E-state index is 14.0. The first-order valence-corrected chi connectivity index (χ1v) is 7.66. The van der Waals surface area contributed by atoms with Crippen molar-refractivity contribution in [3.05, 3.63) is 58.0 Å². The van der Waals surface area contributed by atoms with Crippen molar-refractivity contribution < 1.29 is 9.50 Å². The molecule has 118 valence electrons. The van der Waals surface area contributed by atoms with Crippen molar-refractivity contribution in [2.75, 3.05) is 6.61 Å². The first kappa shape index (κ1) is 14.1. The summed E-state index contributed by atoms with van der Waals surface area (Å²) in [4.78, 5) is 19.7. The summed E-state index contributed by atoms with van der Waals surface area (Å²) < 4.78 is 15.4. The van der Waals surface area contributed by atoms with Crippen molar-refractivity contribution in [2.45, 2.75) is 19.3 Å². The van der Waals surface area contributed by atoms with Gasteiger partial charge in [-0.1, -0.05) is 12.1 Å². The Bertz CT molecular complexity index is 945. The van der Waals surface area contributed by atoms with Crippen LogP contribution in [0, 0.1) is 11.7 Å². The number of hydrogen-bond donors (Lipinski definition) is 2. The molecule has 6 heteroatoms. The highest BCUT2D eigenvalue weighted by Gasteiger charge is 2.23. The van der Waals surface area contributed by atoms with E-state index in [0.29, 0.717) is 29.7 Å². The second-order valence-electron chi connectivity index (χ2n) is 5.98. The molecule has 2 N–H and O–H groups in total. The van der Waals surface area contributed by atoms with Gasteiger partial charge in [-0.2, -0.15) is 0 Å². The Kier molecular flexibility index (Phi) is 3.27. The number of H-pyrrole nitrogens is 1. The summed E-state index contributed by atoms with van der Waals surface area (Å²) in [7, 11) is 0. The van der Waals surface area contributed by atoms with E-state index in [0.717, 1.165) is 17.7 Å². The fourth-order valence-corrected chi connectivity index (χ4v) is 3.27. The van der Waals surface area contributed by atoms with Gasteiger partial charge in [-0.15, -0.1) is 0 Å². The molecule has 2 heterocycles. The predicted octanol–water partition coefficient (Wildman–Crippen LogP) is 1.93. The topological polar surface area (TPSA) is 70.4 Å². The van der Waals surface area contributed by atoms with Gasteiger partial charge in [-0.3, -0.25) is 4.40 Å². The highest BCUT2D eigenvalue weighted by molar-refractivity contribution is 5.65. The molecule has 0 aliphatic heterocycles. The van der Waals surface area contributed by atoms with E-state index >= 15 is 0 Å². The van der Waals surface area contributed by atoms with Gasteiger partial charge in [0, 0.05) is 29.6 Å². The Morgan fingerprint density at radius 1 is 1.39 bits per heavy atom. The molecule has 23 heavy (non-hydrogen) atoms. The van der Waals surface area contributed by atoms with Crippen LogP contribution in [-0.2, 0) is 12.8 Å². The highest BCUT2D eigenvalue weighted by Crippen LogP contribution is 2.28. The summed E-state index contributed by atoms with van der Waals surface area (Å²) in [6.07, 6.45) is 3.79. The number of aromatic nitrogens is 3. The lowest BCUT2D eigenvalue weighted by atomic mass is 9.87. The Morgan fingerprint density at radius 3 is 3.00 bits per heavy atom. The summed E-state index contributed by atoms with van der Waals surface area (Å²) in [6, 6.07) is 6.38. The van der Waals surface area contributed by atoms with Gasteiger partial charge in [-0.05, 0) is 37.3 Å². The van der Waals surface area contributed by atoms with Crippen molar-refractivity contribution in [1.29, 1.82) is 0 Å². The van der Waals surface area contributed by atoms with Gasteiger partial charge >= 0.3 is 5.69 Å². The minimum Gasteiger partial charge on any atom is -0.396 e. The molecule has 5 nitrogen and oxygen atoms in total. The summed E-state index contributed by atoms with van der Waals surface area (Å²) in [5.74, 6) is -0.194. The molecule has 3 aromatic rings. The van der Waals surface area contributed by atoms with Gasteiger partial charge in [0.05, 0.1) is 5.69 Å². The number of hydrogen-bond acceptors (Lipinski definition) is 3. The maximum Gasteiger partial charge on any atom is 0.331 e. The van der Waals surface area contributed by atoms with Crippen LogP contribution in [0.1, 0.15) is 17.7 Å². The predicted molar refractivity (Wildman–Crippen MR) is 83.8 cm³/mol. The zero-order chi connectivity index (χ0) is 16.0. The van der Waals surface area contributed by atoms with Gasteiger partial charge in [0.2, 0.25) is 0 Å². The van der Waals surface area contributed by atoms with E-state index in [1.165, 1.54) is 10.5 Å². The molecule has 1 unspecified atom stereocenters. The molecular weight excluding hydrogens is 297 g/mol. The fourth-order valence-electron chi connectivity index (χ4n) is 3.27. The molecular formula is C17H16FN3O2. The molecule has 1 aliphatic rings. The molecule has 0 amide bonds. The lowest BCUT2D eigenvalue weighted by Crippen LogP contribution is -2.26. The highest BCUT2D eigenvalue weighted by atomic mass is 19.1. The summed E-state index contributed by atoms with van der Waals surface area (Å²) >= 11 is 0. The van der Waals surface area contributed by atoms with Crippen molar-refractivity contribution in [3.8, 4) is 11.3 Å². The minimum atomic E-state index is -0.366. The SMILES string of the molecule is O=c1[nH]c2c(c3nc(-c4ccccc4F)cn13)CC(CO)CC2. The number of imidazole rings is 1. The van der Waals surface area contributed by atoms with Crippen LogP contribution in [0.4, 0.5) is 4.39 Å². The third-order valence-electron chi connectivity index (χ3n) is 4.52. The van der Waals surface area contributed by atoms with E-state index in [2.05, 4.69) is 9.97 Å². The van der Waals surface area contributed by atoms with Crippen LogP contribution < -0.4 is 5.69 Å². The molecule has 0 fully saturated rings. The molecule has 0 saturated heterocycles. The number of aromatic amines is 1. The molecule has 0 bridgehead atoms. The number of rotatable bonds is 2. The van der Waals surface area contributed by atoms with E-state index in [1.54, 1.807) is 24.4 Å². The molecule has 0 radical (unpaired) electrons. The largest absolute Gasteiger partial charge is 0.396 e. The number of aliphatic hydroxyl groups is 1. The van der Waals surface area contributed by atoms with E-state index < -0.39 is 0 Å². The van der Waals surface area contributed by atoms with E-state index in [9.17, 15) is 14.3 Å². The Morgan fingerprint density at radius 2 is 2.22 bits per heavy atom. The third kappa shape index (κ3) is 2.26. The Hall–Kier alpha value is -2.47. The monoisotopic (exact) mass is 313 g/mol. The van der Waals surface area contributed by atoms with Gasteiger partial charge < -0.3 is 10.1 Å². The average molecular weight is 313 g/mol. The van der Waals surface area contributed by atoms with Crippen LogP contribution in [-0.4, -0.2) is 26.1 Å². The van der Waals surface area contributed by atoms with Crippen LogP contribution in [0.5, 0.6) is 0 Å². The molecule has 1 atom stereocenters. The summed E-state index contributed by atoms with van der Waals surface area (Å²) in [6.45, 7) is 0.117. The van der Waals surface area contributed by atoms with Gasteiger partial charge in [-0.25, -0.2) is 14.2 Å². The Labute approximate surface area is 131 Å². The molecule has 0 spiro atoms. The zero-order valence-electron chi connectivity index (χ0n) is 12.4. The van der Waals surface area contributed by atoms with Crippen LogP contribution >= 0.6 is 0 Å². The number of aryl methyl sites for hydroxylation is 1. The Balaban J connectivity index is 1.94. The summed E-state index contributed by atoms with van der Waals surface area (Å²) in [5, 5.41) is 9.41. The van der Waals surface area contributed by atoms with E-state index in [1.807, 2.05) is 0 Å². The first-order valence-electron chi connectivity index (χ1n) is 7.66. The van der Waals surface area contributed by atoms with Crippen molar-refractivity contribution in [2.24, 2.45) is 5.92 Å². The van der Waals surface area contributed by atoms with Crippen molar-refractivity contribution in [1.82, 2.24) is 14.4 Å². The standard InChI is InChI=1S/C17H16FN3O2/c18-13-4-2-1-3-11(13)15-8-21-16(19-15)12-7-10(9-22)5-6-14(12)20-17(21)23/h1-4,8,10,22H,5-7,9H2,(H,20,23). The van der Waals surface area contributed by atoms with Gasteiger partial charge in [0.15, 0.2) is 0 Å². The third-order valence-corrected chi connectivity index (χ3v) is 4.52. The lowest BCUT2D eigenvalue weighted by molar-refractivity contribution is 0.212. The normalized spacial score (nSPS) is 17.4. The molecule has 0 saturated carbocycles. The van der Waals surface area contributed by atoms with Crippen LogP contribution in [0.3, 0.4) is 0 Å². The van der Waals surface area contributed by atoms with Gasteiger partial charge in [0.1, 0.15) is 11.5 Å². The lowest BCUT2D eigenvalue weighted by Gasteiger charge is -2.22. The quantitative estimate of drug-likeness (QED) is 0.759. The number of halogens is 1. The van der Waals surface area contributed by atoms with E-state index in [-0.39, 0.29) is 24.0 Å². The maximum atomic E-state index is 14.0.